The number of nitrogens with zero attached hydrogens (tertiary/aromatic N) is 1. The van der Waals surface area contributed by atoms with E-state index in [1.165, 1.54) is 6.92 Å². The lowest BCUT2D eigenvalue weighted by Crippen LogP contribution is -2.55. The zero-order chi connectivity index (χ0) is 17.6. The third kappa shape index (κ3) is 5.72. The molecule has 0 radical (unpaired) electrons. The summed E-state index contributed by atoms with van der Waals surface area (Å²) in [5.41, 5.74) is 2.14. The van der Waals surface area contributed by atoms with Gasteiger partial charge in [0, 0.05) is 6.54 Å². The summed E-state index contributed by atoms with van der Waals surface area (Å²) in [6.07, 6.45) is 0.733. The molecule has 10 nitrogen and oxygen atoms in total. The van der Waals surface area contributed by atoms with Gasteiger partial charge in [-0.05, 0) is 12.8 Å². The molecule has 0 saturated heterocycles. The Labute approximate surface area is 128 Å². The van der Waals surface area contributed by atoms with E-state index in [0.717, 1.165) is 5.01 Å². The Hall–Kier alpha value is -0.310. The van der Waals surface area contributed by atoms with Gasteiger partial charge in [-0.3, -0.25) is 13.9 Å². The van der Waals surface area contributed by atoms with Gasteiger partial charge in [-0.25, -0.2) is 10.4 Å². The van der Waals surface area contributed by atoms with Crippen molar-refractivity contribution >= 4 is 21.2 Å². The van der Waals surface area contributed by atoms with Crippen molar-refractivity contribution in [1.82, 2.24) is 10.4 Å². The fraction of sp³-hybridized carbons (Fsp3) is 0.900. The van der Waals surface area contributed by atoms with Crippen LogP contribution in [0.15, 0.2) is 0 Å². The molecule has 0 fully saturated rings. The van der Waals surface area contributed by atoms with Crippen molar-refractivity contribution in [3.63, 3.8) is 0 Å². The van der Waals surface area contributed by atoms with E-state index < -0.39 is 39.1 Å². The Bertz CT molecular complexity index is 438. The average molecular weight is 362 g/mol. The predicted molar refractivity (Wildman–Crippen MR) is 79.0 cm³/mol. The first-order valence-electron chi connectivity index (χ1n) is 6.77. The normalized spacial score (nSPS) is 13.6. The third-order valence-corrected chi connectivity index (χ3v) is 7.15. The SMILES string of the molecule is CCCCN(CC(=O)O)NC(CCC)(P(=O)(O)O)P(=O)(O)O. The van der Waals surface area contributed by atoms with Gasteiger partial charge in [0.1, 0.15) is 6.54 Å². The van der Waals surface area contributed by atoms with Crippen LogP contribution in [0.1, 0.15) is 39.5 Å². The number of carboxylic acids is 1. The topological polar surface area (TPSA) is 168 Å². The summed E-state index contributed by atoms with van der Waals surface area (Å²) in [5, 5.41) is 6.95. The molecule has 0 spiro atoms. The summed E-state index contributed by atoms with van der Waals surface area (Å²) in [6.45, 7) is 2.76. The molecule has 6 N–H and O–H groups in total. The highest BCUT2D eigenvalue weighted by Crippen LogP contribution is 2.69. The Morgan fingerprint density at radius 1 is 1.09 bits per heavy atom. The Morgan fingerprint density at radius 3 is 1.91 bits per heavy atom. The van der Waals surface area contributed by atoms with Crippen molar-refractivity contribution in [1.29, 1.82) is 0 Å². The van der Waals surface area contributed by atoms with Crippen LogP contribution in [0.3, 0.4) is 0 Å². The lowest BCUT2D eigenvalue weighted by Gasteiger charge is -2.39. The number of hydrazine groups is 1. The second kappa shape index (κ2) is 8.52. The smallest absolute Gasteiger partial charge is 0.359 e. The summed E-state index contributed by atoms with van der Waals surface area (Å²) in [4.78, 5) is 48.8. The Kier molecular flexibility index (Phi) is 8.40. The standard InChI is InChI=1S/C10H24N2O8P2/c1-3-5-7-12(8-9(13)14)11-10(6-4-2,21(15,16)17)22(18,19)20/h11H,3-8H2,1-2H3,(H,13,14)(H2,15,16,17)(H2,18,19,20). The number of hydrogen-bond acceptors (Lipinski definition) is 5. The molecule has 0 aromatic carbocycles. The van der Waals surface area contributed by atoms with Crippen molar-refractivity contribution in [2.45, 2.75) is 44.6 Å². The molecule has 132 valence electrons. The molecule has 12 heteroatoms. The van der Waals surface area contributed by atoms with Crippen LogP contribution in [0.4, 0.5) is 0 Å². The maximum Gasteiger partial charge on any atom is 0.359 e. The van der Waals surface area contributed by atoms with Gasteiger partial charge < -0.3 is 24.7 Å². The monoisotopic (exact) mass is 362 g/mol. The average Bonchev–Trinajstić information content (AvgIpc) is 2.31. The number of hydrogen-bond donors (Lipinski definition) is 6. The first kappa shape index (κ1) is 21.7. The van der Waals surface area contributed by atoms with Crippen LogP contribution in [0, 0.1) is 0 Å². The summed E-state index contributed by atoms with van der Waals surface area (Å²) >= 11 is 0. The van der Waals surface area contributed by atoms with Gasteiger partial charge in [0.05, 0.1) is 0 Å². The number of unbranched alkanes of at least 4 members (excludes halogenated alkanes) is 1. The molecule has 0 bridgehead atoms. The zero-order valence-electron chi connectivity index (χ0n) is 12.5. The Morgan fingerprint density at radius 2 is 1.59 bits per heavy atom. The first-order chi connectivity index (χ1) is 9.91. The number of aliphatic carboxylic acids is 1. The number of carboxylic acid groups (broad SMARTS) is 1. The minimum atomic E-state index is -5.28. The maximum absolute atomic E-state index is 11.8. The highest BCUT2D eigenvalue weighted by molar-refractivity contribution is 7.72. The van der Waals surface area contributed by atoms with E-state index >= 15 is 0 Å². The summed E-state index contributed by atoms with van der Waals surface area (Å²) in [6, 6.07) is 0. The molecule has 0 saturated carbocycles. The molecule has 0 amide bonds. The molecular weight excluding hydrogens is 338 g/mol. The van der Waals surface area contributed by atoms with Gasteiger partial charge in [-0.15, -0.1) is 0 Å². The van der Waals surface area contributed by atoms with Crippen LogP contribution >= 0.6 is 15.2 Å². The summed E-state index contributed by atoms with van der Waals surface area (Å²) in [7, 11) is -10.6. The maximum atomic E-state index is 11.8. The van der Waals surface area contributed by atoms with Crippen LogP contribution in [-0.4, -0.2) is 53.8 Å². The molecular formula is C10H24N2O8P2. The van der Waals surface area contributed by atoms with E-state index in [4.69, 9.17) is 5.11 Å². The fourth-order valence-electron chi connectivity index (χ4n) is 1.94. The van der Waals surface area contributed by atoms with Crippen LogP contribution in [-0.2, 0) is 13.9 Å². The van der Waals surface area contributed by atoms with Crippen molar-refractivity contribution in [2.24, 2.45) is 0 Å². The molecule has 0 unspecified atom stereocenters. The summed E-state index contributed by atoms with van der Waals surface area (Å²) in [5.74, 6) is -1.29. The van der Waals surface area contributed by atoms with E-state index in [0.29, 0.717) is 12.8 Å². The van der Waals surface area contributed by atoms with Gasteiger partial charge in [0.25, 0.3) is 0 Å². The molecule has 0 rings (SSSR count). The van der Waals surface area contributed by atoms with Crippen LogP contribution < -0.4 is 5.43 Å². The second-order valence-electron chi connectivity index (χ2n) is 4.94. The van der Waals surface area contributed by atoms with Crippen molar-refractivity contribution in [2.75, 3.05) is 13.1 Å². The lowest BCUT2D eigenvalue weighted by atomic mass is 10.3. The molecule has 0 aliphatic heterocycles. The van der Waals surface area contributed by atoms with Crippen LogP contribution in [0.5, 0.6) is 0 Å². The number of rotatable bonds is 11. The molecule has 0 aromatic rings. The lowest BCUT2D eigenvalue weighted by molar-refractivity contribution is -0.139. The third-order valence-electron chi connectivity index (χ3n) is 3.01. The van der Waals surface area contributed by atoms with Gasteiger partial charge in [0.15, 0.2) is 0 Å². The van der Waals surface area contributed by atoms with E-state index in [1.807, 2.05) is 6.92 Å². The van der Waals surface area contributed by atoms with E-state index in [2.05, 4.69) is 5.43 Å². The molecule has 0 aliphatic rings. The van der Waals surface area contributed by atoms with E-state index in [9.17, 15) is 33.5 Å². The van der Waals surface area contributed by atoms with Gasteiger partial charge in [-0.1, -0.05) is 26.7 Å². The highest BCUT2D eigenvalue weighted by atomic mass is 31.2. The highest BCUT2D eigenvalue weighted by Gasteiger charge is 2.60. The molecule has 22 heavy (non-hydrogen) atoms. The van der Waals surface area contributed by atoms with Crippen LogP contribution in [0.25, 0.3) is 0 Å². The quantitative estimate of drug-likeness (QED) is 0.225. The van der Waals surface area contributed by atoms with E-state index in [1.54, 1.807) is 0 Å². The fourth-order valence-corrected chi connectivity index (χ4v) is 4.87. The number of nitrogens with one attached hydrogen (secondary N) is 1. The molecule has 0 aromatic heterocycles. The second-order valence-corrected chi connectivity index (χ2v) is 8.99. The molecule has 0 atom stereocenters. The van der Waals surface area contributed by atoms with Gasteiger partial charge in [0.2, 0.25) is 5.02 Å². The zero-order valence-corrected chi connectivity index (χ0v) is 14.3. The molecule has 0 heterocycles. The van der Waals surface area contributed by atoms with Crippen molar-refractivity contribution in [3.8, 4) is 0 Å². The summed E-state index contributed by atoms with van der Waals surface area (Å²) < 4.78 is 23.5. The minimum Gasteiger partial charge on any atom is -0.480 e. The van der Waals surface area contributed by atoms with Crippen molar-refractivity contribution in [3.05, 3.63) is 0 Å². The van der Waals surface area contributed by atoms with Crippen molar-refractivity contribution < 1.29 is 38.6 Å². The number of carbonyl (C=O) groups is 1. The van der Waals surface area contributed by atoms with Gasteiger partial charge in [-0.2, -0.15) is 0 Å². The predicted octanol–water partition coefficient (Wildman–Crippen LogP) is 0.487. The first-order valence-corrected chi connectivity index (χ1v) is 9.99. The van der Waals surface area contributed by atoms with E-state index in [-0.39, 0.29) is 13.0 Å². The Balaban J connectivity index is 5.70. The minimum absolute atomic E-state index is 0.0776. The van der Waals surface area contributed by atoms with Crippen LogP contribution in [0.2, 0.25) is 0 Å². The molecule has 0 aliphatic carbocycles. The van der Waals surface area contributed by atoms with Gasteiger partial charge >= 0.3 is 21.2 Å². The largest absolute Gasteiger partial charge is 0.480 e.